The topological polar surface area (TPSA) is 98.8 Å². The van der Waals surface area contributed by atoms with Gasteiger partial charge < -0.3 is 20.4 Å². The van der Waals surface area contributed by atoms with E-state index in [1.807, 2.05) is 42.5 Å². The molecule has 0 bridgehead atoms. The van der Waals surface area contributed by atoms with E-state index < -0.39 is 17.8 Å². The number of hydrogen-bond acceptors (Lipinski definition) is 4. The minimum Gasteiger partial charge on any atom is -0.353 e. The van der Waals surface area contributed by atoms with Crippen LogP contribution in [0.4, 0.5) is 4.39 Å². The van der Waals surface area contributed by atoms with E-state index >= 15 is 0 Å². The highest BCUT2D eigenvalue weighted by Crippen LogP contribution is 2.21. The van der Waals surface area contributed by atoms with Gasteiger partial charge in [0, 0.05) is 43.9 Å². The molecule has 3 aromatic carbocycles. The average Bonchev–Trinajstić information content (AvgIpc) is 2.99. The van der Waals surface area contributed by atoms with Gasteiger partial charge in [0.2, 0.25) is 11.8 Å². The molecule has 4 rings (SSSR count). The van der Waals surface area contributed by atoms with Gasteiger partial charge in [-0.1, -0.05) is 49.0 Å². The van der Waals surface area contributed by atoms with Gasteiger partial charge in [0.15, 0.2) is 0 Å². The van der Waals surface area contributed by atoms with Crippen LogP contribution in [0.25, 0.3) is 10.8 Å². The van der Waals surface area contributed by atoms with Gasteiger partial charge >= 0.3 is 0 Å². The molecule has 0 saturated carbocycles. The standard InChI is InChI=1S/C31H33FN4O4/c1-2-28(37)33-16-6-5-15-27(34-29(38)23-11-7-12-24(32)21-23)31(40)36-19-17-35(18-20-36)30(39)26-14-8-10-22-9-3-4-13-25(22)26/h2-4,7-14,21,27H,1,5-6,15-20H2,(H,33,37)(H,34,38)/t27-/m0/s1. The Balaban J connectivity index is 1.39. The molecule has 4 amide bonds. The van der Waals surface area contributed by atoms with Crippen molar-refractivity contribution >= 4 is 34.4 Å². The minimum atomic E-state index is -0.828. The maximum atomic E-state index is 13.7. The van der Waals surface area contributed by atoms with Crippen LogP contribution in [0.2, 0.25) is 0 Å². The smallest absolute Gasteiger partial charge is 0.254 e. The summed E-state index contributed by atoms with van der Waals surface area (Å²) in [6, 6.07) is 17.9. The number of benzene rings is 3. The zero-order chi connectivity index (χ0) is 28.5. The fourth-order valence-electron chi connectivity index (χ4n) is 4.82. The highest BCUT2D eigenvalue weighted by Gasteiger charge is 2.30. The van der Waals surface area contributed by atoms with Crippen molar-refractivity contribution in [3.8, 4) is 0 Å². The third kappa shape index (κ3) is 7.11. The van der Waals surface area contributed by atoms with Gasteiger partial charge in [0.25, 0.3) is 11.8 Å². The summed E-state index contributed by atoms with van der Waals surface area (Å²) in [7, 11) is 0. The van der Waals surface area contributed by atoms with Crippen molar-refractivity contribution in [2.45, 2.75) is 25.3 Å². The third-order valence-electron chi connectivity index (χ3n) is 6.99. The van der Waals surface area contributed by atoms with Gasteiger partial charge in [-0.25, -0.2) is 4.39 Å². The monoisotopic (exact) mass is 544 g/mol. The van der Waals surface area contributed by atoms with Crippen LogP contribution < -0.4 is 10.6 Å². The summed E-state index contributed by atoms with van der Waals surface area (Å²) in [6.45, 7) is 5.23. The minimum absolute atomic E-state index is 0.0820. The van der Waals surface area contributed by atoms with Crippen molar-refractivity contribution in [1.82, 2.24) is 20.4 Å². The van der Waals surface area contributed by atoms with Crippen molar-refractivity contribution in [1.29, 1.82) is 0 Å². The Morgan fingerprint density at radius 3 is 2.35 bits per heavy atom. The van der Waals surface area contributed by atoms with Crippen molar-refractivity contribution in [2.24, 2.45) is 0 Å². The lowest BCUT2D eigenvalue weighted by Gasteiger charge is -2.36. The van der Waals surface area contributed by atoms with Crippen LogP contribution in [-0.2, 0) is 9.59 Å². The molecule has 0 spiro atoms. The predicted molar refractivity (Wildman–Crippen MR) is 151 cm³/mol. The second kappa shape index (κ2) is 13.5. The van der Waals surface area contributed by atoms with Crippen LogP contribution in [-0.4, -0.2) is 72.2 Å². The molecule has 1 saturated heterocycles. The molecule has 1 aliphatic rings. The maximum absolute atomic E-state index is 13.7. The molecule has 1 aliphatic heterocycles. The second-order valence-corrected chi connectivity index (χ2v) is 9.67. The molecule has 3 aromatic rings. The van der Waals surface area contributed by atoms with Gasteiger partial charge in [0.05, 0.1) is 0 Å². The van der Waals surface area contributed by atoms with Crippen LogP contribution in [0.5, 0.6) is 0 Å². The van der Waals surface area contributed by atoms with Crippen LogP contribution >= 0.6 is 0 Å². The lowest BCUT2D eigenvalue weighted by molar-refractivity contribution is -0.135. The van der Waals surface area contributed by atoms with Gasteiger partial charge in [-0.2, -0.15) is 0 Å². The number of carbonyl (C=O) groups is 4. The average molecular weight is 545 g/mol. The molecule has 8 nitrogen and oxygen atoms in total. The molecule has 1 atom stereocenters. The summed E-state index contributed by atoms with van der Waals surface area (Å²) < 4.78 is 13.7. The fraction of sp³-hybridized carbons (Fsp3) is 0.290. The van der Waals surface area contributed by atoms with Gasteiger partial charge in [-0.3, -0.25) is 19.2 Å². The number of piperazine rings is 1. The van der Waals surface area contributed by atoms with E-state index in [-0.39, 0.29) is 23.3 Å². The molecular weight excluding hydrogens is 511 g/mol. The normalized spacial score (nSPS) is 13.9. The second-order valence-electron chi connectivity index (χ2n) is 9.67. The molecule has 0 aliphatic carbocycles. The quantitative estimate of drug-likeness (QED) is 0.301. The first-order valence-electron chi connectivity index (χ1n) is 13.4. The molecule has 2 N–H and O–H groups in total. The van der Waals surface area contributed by atoms with Crippen molar-refractivity contribution in [3.63, 3.8) is 0 Å². The highest BCUT2D eigenvalue weighted by molar-refractivity contribution is 6.07. The number of unbranched alkanes of at least 4 members (excludes halogenated alkanes) is 1. The number of hydrogen-bond donors (Lipinski definition) is 2. The molecular formula is C31H33FN4O4. The van der Waals surface area contributed by atoms with Crippen molar-refractivity contribution in [2.75, 3.05) is 32.7 Å². The number of halogens is 1. The van der Waals surface area contributed by atoms with Crippen LogP contribution in [0, 0.1) is 5.82 Å². The number of nitrogens with one attached hydrogen (secondary N) is 2. The van der Waals surface area contributed by atoms with Gasteiger partial charge in [0.1, 0.15) is 11.9 Å². The summed E-state index contributed by atoms with van der Waals surface area (Å²) in [5.74, 6) is -1.69. The Labute approximate surface area is 232 Å². The Morgan fingerprint density at radius 1 is 0.900 bits per heavy atom. The van der Waals surface area contributed by atoms with E-state index in [9.17, 15) is 23.6 Å². The molecule has 1 heterocycles. The maximum Gasteiger partial charge on any atom is 0.254 e. The molecule has 9 heteroatoms. The Hall–Kier alpha value is -4.53. The summed E-state index contributed by atoms with van der Waals surface area (Å²) in [4.78, 5) is 54.5. The molecule has 40 heavy (non-hydrogen) atoms. The Kier molecular flexibility index (Phi) is 9.62. The SMILES string of the molecule is C=CC(=O)NCCCC[C@H](NC(=O)c1cccc(F)c1)C(=O)N1CCN(C(=O)c2cccc3ccccc23)CC1. The lowest BCUT2D eigenvalue weighted by atomic mass is 10.0. The number of fused-ring (bicyclic) bond motifs is 1. The Bertz CT molecular complexity index is 1400. The lowest BCUT2D eigenvalue weighted by Crippen LogP contribution is -2.55. The van der Waals surface area contributed by atoms with Crippen LogP contribution in [0.1, 0.15) is 40.0 Å². The first kappa shape index (κ1) is 28.5. The summed E-state index contributed by atoms with van der Waals surface area (Å²) in [6.07, 6.45) is 2.71. The molecule has 1 fully saturated rings. The highest BCUT2D eigenvalue weighted by atomic mass is 19.1. The number of carbonyl (C=O) groups excluding carboxylic acids is 4. The first-order valence-corrected chi connectivity index (χ1v) is 13.4. The molecule has 0 unspecified atom stereocenters. The van der Waals surface area contributed by atoms with E-state index in [0.717, 1.165) is 16.8 Å². The zero-order valence-corrected chi connectivity index (χ0v) is 22.3. The molecule has 208 valence electrons. The van der Waals surface area contributed by atoms with E-state index in [1.54, 1.807) is 9.80 Å². The summed E-state index contributed by atoms with van der Waals surface area (Å²) in [5.41, 5.74) is 0.753. The van der Waals surface area contributed by atoms with Gasteiger partial charge in [-0.15, -0.1) is 0 Å². The van der Waals surface area contributed by atoms with Gasteiger partial charge in [-0.05, 0) is 60.4 Å². The predicted octanol–water partition coefficient (Wildman–Crippen LogP) is 3.53. The van der Waals surface area contributed by atoms with E-state index in [1.165, 1.54) is 24.3 Å². The summed E-state index contributed by atoms with van der Waals surface area (Å²) in [5, 5.41) is 7.34. The molecule has 0 aromatic heterocycles. The largest absolute Gasteiger partial charge is 0.353 e. The first-order chi connectivity index (χ1) is 19.4. The van der Waals surface area contributed by atoms with E-state index in [0.29, 0.717) is 57.5 Å². The van der Waals surface area contributed by atoms with Crippen LogP contribution in [0.15, 0.2) is 79.4 Å². The zero-order valence-electron chi connectivity index (χ0n) is 22.3. The van der Waals surface area contributed by atoms with E-state index in [2.05, 4.69) is 17.2 Å². The van der Waals surface area contributed by atoms with Crippen LogP contribution in [0.3, 0.4) is 0 Å². The Morgan fingerprint density at radius 2 is 1.60 bits per heavy atom. The van der Waals surface area contributed by atoms with Crippen molar-refractivity contribution < 1.29 is 23.6 Å². The number of rotatable bonds is 10. The van der Waals surface area contributed by atoms with E-state index in [4.69, 9.17) is 0 Å². The third-order valence-corrected chi connectivity index (χ3v) is 6.99. The summed E-state index contributed by atoms with van der Waals surface area (Å²) >= 11 is 0. The fourth-order valence-corrected chi connectivity index (χ4v) is 4.82. The van der Waals surface area contributed by atoms with Crippen molar-refractivity contribution in [3.05, 3.63) is 96.3 Å². The number of amides is 4. The number of nitrogens with zero attached hydrogens (tertiary/aromatic N) is 2. The molecule has 0 radical (unpaired) electrons.